The minimum Gasteiger partial charge on any atom is -0.376 e. The quantitative estimate of drug-likeness (QED) is 0.829. The standard InChI is InChI=1S/C12H14IN3O2/c13-8-1-2-11-10(5-8)15-12(14)16(11)6-9-7-17-3-4-18-9/h1-2,5,9H,3-4,6-7H2,(H2,14,15). The van der Waals surface area contributed by atoms with Crippen molar-refractivity contribution < 1.29 is 9.47 Å². The molecule has 1 unspecified atom stereocenters. The van der Waals surface area contributed by atoms with Gasteiger partial charge in [0, 0.05) is 3.57 Å². The maximum Gasteiger partial charge on any atom is 0.201 e. The molecule has 1 aliphatic heterocycles. The number of rotatable bonds is 2. The van der Waals surface area contributed by atoms with Crippen LogP contribution < -0.4 is 5.73 Å². The summed E-state index contributed by atoms with van der Waals surface area (Å²) in [7, 11) is 0. The van der Waals surface area contributed by atoms with E-state index < -0.39 is 0 Å². The van der Waals surface area contributed by atoms with E-state index in [1.165, 1.54) is 0 Å². The van der Waals surface area contributed by atoms with Crippen LogP contribution in [0.15, 0.2) is 18.2 Å². The average Bonchev–Trinajstić information content (AvgIpc) is 2.66. The van der Waals surface area contributed by atoms with E-state index in [0.717, 1.165) is 14.6 Å². The van der Waals surface area contributed by atoms with Crippen LogP contribution in [0.25, 0.3) is 11.0 Å². The third kappa shape index (κ3) is 2.32. The summed E-state index contributed by atoms with van der Waals surface area (Å²) < 4.78 is 14.2. The van der Waals surface area contributed by atoms with Crippen LogP contribution >= 0.6 is 22.6 Å². The van der Waals surface area contributed by atoms with Gasteiger partial charge in [-0.25, -0.2) is 4.98 Å². The zero-order valence-electron chi connectivity index (χ0n) is 9.80. The van der Waals surface area contributed by atoms with Gasteiger partial charge in [0.25, 0.3) is 0 Å². The van der Waals surface area contributed by atoms with Crippen molar-refractivity contribution in [1.82, 2.24) is 9.55 Å². The molecule has 0 spiro atoms. The highest BCUT2D eigenvalue weighted by Crippen LogP contribution is 2.21. The monoisotopic (exact) mass is 359 g/mol. The number of nitrogens with zero attached hydrogens (tertiary/aromatic N) is 2. The number of nitrogen functional groups attached to an aromatic ring is 1. The van der Waals surface area contributed by atoms with E-state index in [1.807, 2.05) is 16.7 Å². The van der Waals surface area contributed by atoms with E-state index in [1.54, 1.807) is 0 Å². The van der Waals surface area contributed by atoms with Crippen LogP contribution in [0.2, 0.25) is 0 Å². The van der Waals surface area contributed by atoms with Crippen molar-refractivity contribution in [3.63, 3.8) is 0 Å². The minimum atomic E-state index is 0.0535. The van der Waals surface area contributed by atoms with Gasteiger partial charge in [0.05, 0.1) is 43.5 Å². The normalized spacial score (nSPS) is 20.4. The van der Waals surface area contributed by atoms with E-state index >= 15 is 0 Å². The lowest BCUT2D eigenvalue weighted by Gasteiger charge is -2.23. The number of anilines is 1. The molecule has 96 valence electrons. The lowest BCUT2D eigenvalue weighted by atomic mass is 10.3. The third-order valence-electron chi connectivity index (χ3n) is 3.01. The number of halogens is 1. The van der Waals surface area contributed by atoms with Gasteiger partial charge in [0.2, 0.25) is 5.95 Å². The number of aromatic nitrogens is 2. The lowest BCUT2D eigenvalue weighted by Crippen LogP contribution is -2.32. The van der Waals surface area contributed by atoms with Crippen molar-refractivity contribution in [1.29, 1.82) is 0 Å². The highest BCUT2D eigenvalue weighted by molar-refractivity contribution is 14.1. The van der Waals surface area contributed by atoms with Crippen LogP contribution in [0, 0.1) is 3.57 Å². The van der Waals surface area contributed by atoms with Crippen molar-refractivity contribution >= 4 is 39.6 Å². The fourth-order valence-corrected chi connectivity index (χ4v) is 2.63. The first kappa shape index (κ1) is 12.2. The van der Waals surface area contributed by atoms with Gasteiger partial charge in [-0.05, 0) is 40.8 Å². The Kier molecular flexibility index (Phi) is 3.40. The molecule has 1 aromatic heterocycles. The van der Waals surface area contributed by atoms with Crippen LogP contribution in [-0.2, 0) is 16.0 Å². The summed E-state index contributed by atoms with van der Waals surface area (Å²) in [6, 6.07) is 6.13. The summed E-state index contributed by atoms with van der Waals surface area (Å²) in [6.07, 6.45) is 0.0535. The Morgan fingerprint density at radius 2 is 2.33 bits per heavy atom. The van der Waals surface area contributed by atoms with E-state index in [4.69, 9.17) is 15.2 Å². The summed E-state index contributed by atoms with van der Waals surface area (Å²) in [5.74, 6) is 0.529. The average molecular weight is 359 g/mol. The van der Waals surface area contributed by atoms with Crippen LogP contribution in [0.3, 0.4) is 0 Å². The van der Waals surface area contributed by atoms with Crippen molar-refractivity contribution in [2.24, 2.45) is 0 Å². The Balaban J connectivity index is 1.92. The van der Waals surface area contributed by atoms with Crippen LogP contribution in [0.1, 0.15) is 0 Å². The molecular formula is C12H14IN3O2. The second kappa shape index (κ2) is 5.02. The smallest absolute Gasteiger partial charge is 0.201 e. The Hall–Kier alpha value is -0.860. The van der Waals surface area contributed by atoms with Gasteiger partial charge in [0.15, 0.2) is 0 Å². The van der Waals surface area contributed by atoms with Crippen molar-refractivity contribution in [2.75, 3.05) is 25.6 Å². The van der Waals surface area contributed by atoms with Crippen LogP contribution in [-0.4, -0.2) is 35.5 Å². The second-order valence-corrected chi connectivity index (χ2v) is 5.53. The maximum absolute atomic E-state index is 5.97. The van der Waals surface area contributed by atoms with Gasteiger partial charge >= 0.3 is 0 Å². The molecule has 1 atom stereocenters. The number of benzene rings is 1. The maximum atomic E-state index is 5.97. The number of ether oxygens (including phenoxy) is 2. The summed E-state index contributed by atoms with van der Waals surface area (Å²) in [6.45, 7) is 2.62. The molecule has 0 bridgehead atoms. The molecule has 0 saturated carbocycles. The zero-order valence-corrected chi connectivity index (χ0v) is 12.0. The molecule has 3 rings (SSSR count). The molecule has 1 saturated heterocycles. The fourth-order valence-electron chi connectivity index (χ4n) is 2.16. The highest BCUT2D eigenvalue weighted by Gasteiger charge is 2.18. The SMILES string of the molecule is Nc1nc2cc(I)ccc2n1CC1COCCO1. The molecule has 2 heterocycles. The summed E-state index contributed by atoms with van der Waals surface area (Å²) in [5, 5.41) is 0. The first-order valence-corrected chi connectivity index (χ1v) is 6.92. The molecule has 1 aliphatic rings. The topological polar surface area (TPSA) is 62.3 Å². The van der Waals surface area contributed by atoms with E-state index in [0.29, 0.717) is 32.3 Å². The summed E-state index contributed by atoms with van der Waals surface area (Å²) in [5.41, 5.74) is 7.94. The van der Waals surface area contributed by atoms with Crippen molar-refractivity contribution in [3.8, 4) is 0 Å². The zero-order chi connectivity index (χ0) is 12.5. The first-order valence-electron chi connectivity index (χ1n) is 5.84. The third-order valence-corrected chi connectivity index (χ3v) is 3.68. The van der Waals surface area contributed by atoms with Gasteiger partial charge in [-0.1, -0.05) is 0 Å². The molecule has 2 N–H and O–H groups in total. The largest absolute Gasteiger partial charge is 0.376 e. The van der Waals surface area contributed by atoms with Crippen molar-refractivity contribution in [3.05, 3.63) is 21.8 Å². The number of hydrogen-bond acceptors (Lipinski definition) is 4. The molecule has 18 heavy (non-hydrogen) atoms. The predicted octanol–water partition coefficient (Wildman–Crippen LogP) is 1.64. The Bertz CT molecular complexity index is 564. The van der Waals surface area contributed by atoms with Gasteiger partial charge in [-0.15, -0.1) is 0 Å². The molecule has 0 amide bonds. The Morgan fingerprint density at radius 3 is 3.11 bits per heavy atom. The van der Waals surface area contributed by atoms with Crippen LogP contribution in [0.4, 0.5) is 5.95 Å². The number of hydrogen-bond donors (Lipinski definition) is 1. The fraction of sp³-hybridized carbons (Fsp3) is 0.417. The van der Waals surface area contributed by atoms with Gasteiger partial charge in [0.1, 0.15) is 0 Å². The number of fused-ring (bicyclic) bond motifs is 1. The minimum absolute atomic E-state index is 0.0535. The molecule has 0 radical (unpaired) electrons. The summed E-state index contributed by atoms with van der Waals surface area (Å²) >= 11 is 2.27. The van der Waals surface area contributed by atoms with Crippen molar-refractivity contribution in [2.45, 2.75) is 12.6 Å². The summed E-state index contributed by atoms with van der Waals surface area (Å²) in [4.78, 5) is 4.38. The molecular weight excluding hydrogens is 345 g/mol. The molecule has 1 fully saturated rings. The predicted molar refractivity (Wildman–Crippen MR) is 77.4 cm³/mol. The van der Waals surface area contributed by atoms with Crippen LogP contribution in [0.5, 0.6) is 0 Å². The van der Waals surface area contributed by atoms with Gasteiger partial charge < -0.3 is 19.8 Å². The second-order valence-electron chi connectivity index (χ2n) is 4.28. The van der Waals surface area contributed by atoms with E-state index in [9.17, 15) is 0 Å². The number of imidazole rings is 1. The molecule has 6 heteroatoms. The Morgan fingerprint density at radius 1 is 1.44 bits per heavy atom. The molecule has 1 aromatic carbocycles. The highest BCUT2D eigenvalue weighted by atomic mass is 127. The molecule has 5 nitrogen and oxygen atoms in total. The van der Waals surface area contributed by atoms with Gasteiger partial charge in [-0.3, -0.25) is 0 Å². The first-order chi connectivity index (χ1) is 8.74. The van der Waals surface area contributed by atoms with E-state index in [2.05, 4.69) is 33.6 Å². The Labute approximate surface area is 118 Å². The number of nitrogens with two attached hydrogens (primary N) is 1. The molecule has 0 aliphatic carbocycles. The lowest BCUT2D eigenvalue weighted by molar-refractivity contribution is -0.0930. The van der Waals surface area contributed by atoms with E-state index in [-0.39, 0.29) is 6.10 Å². The van der Waals surface area contributed by atoms with Gasteiger partial charge in [-0.2, -0.15) is 0 Å². The molecule has 2 aromatic rings.